The molecule has 0 bridgehead atoms. The topological polar surface area (TPSA) is 50.2 Å². The van der Waals surface area contributed by atoms with E-state index in [-0.39, 0.29) is 11.8 Å². The monoisotopic (exact) mass is 368 g/mol. The van der Waals surface area contributed by atoms with Crippen LogP contribution in [0.15, 0.2) is 30.5 Å². The van der Waals surface area contributed by atoms with E-state index in [1.807, 2.05) is 16.8 Å². The molecular weight excluding hydrogens is 336 g/mol. The second-order valence-corrected chi connectivity index (χ2v) is 8.17. The number of hydrogen-bond donors (Lipinski definition) is 1. The van der Waals surface area contributed by atoms with Gasteiger partial charge in [-0.2, -0.15) is 5.10 Å². The number of carbonyl (C=O) groups is 1. The molecule has 0 spiro atoms. The van der Waals surface area contributed by atoms with Crippen LogP contribution in [0.4, 0.5) is 0 Å². The Kier molecular flexibility index (Phi) is 6.32. The minimum absolute atomic E-state index is 0.0228. The van der Waals surface area contributed by atoms with Crippen LogP contribution >= 0.6 is 0 Å². The summed E-state index contributed by atoms with van der Waals surface area (Å²) in [6.45, 7) is 12.6. The van der Waals surface area contributed by atoms with Gasteiger partial charge in [0.05, 0.1) is 23.1 Å². The largest absolute Gasteiger partial charge is 0.352 e. The van der Waals surface area contributed by atoms with Crippen molar-refractivity contribution in [2.75, 3.05) is 26.2 Å². The van der Waals surface area contributed by atoms with Gasteiger partial charge in [0.25, 0.3) is 5.91 Å². The Morgan fingerprint density at radius 2 is 1.81 bits per heavy atom. The molecule has 1 aromatic carbocycles. The molecular formula is C22H32N4O. The third kappa shape index (κ3) is 4.78. The first-order valence-corrected chi connectivity index (χ1v) is 10.1. The van der Waals surface area contributed by atoms with E-state index < -0.39 is 0 Å². The van der Waals surface area contributed by atoms with Gasteiger partial charge in [0.2, 0.25) is 0 Å². The van der Waals surface area contributed by atoms with Crippen LogP contribution in [-0.2, 0) is 0 Å². The van der Waals surface area contributed by atoms with Gasteiger partial charge in [-0.05, 0) is 56.8 Å². The van der Waals surface area contributed by atoms with Crippen LogP contribution in [0.25, 0.3) is 5.69 Å². The Hall–Kier alpha value is -2.14. The molecule has 3 rings (SSSR count). The van der Waals surface area contributed by atoms with E-state index in [2.05, 4.69) is 55.1 Å². The van der Waals surface area contributed by atoms with E-state index in [0.717, 1.165) is 17.9 Å². The van der Waals surface area contributed by atoms with Gasteiger partial charge >= 0.3 is 0 Å². The highest BCUT2D eigenvalue weighted by atomic mass is 16.1. The number of aromatic nitrogens is 2. The first-order valence-electron chi connectivity index (χ1n) is 10.1. The standard InChI is InChI=1S/C22H32N4O/c1-16(2)21-20(14-24-26(21)19-9-7-17(3)8-10-19)22(27)23-13-18(4)15-25-11-5-6-12-25/h7-10,14,16,18H,5-6,11-13,15H2,1-4H3,(H,23,27). The van der Waals surface area contributed by atoms with Gasteiger partial charge in [0.15, 0.2) is 0 Å². The number of aryl methyl sites for hydroxylation is 1. The number of likely N-dealkylation sites (tertiary alicyclic amines) is 1. The molecule has 5 nitrogen and oxygen atoms in total. The highest BCUT2D eigenvalue weighted by molar-refractivity contribution is 5.95. The van der Waals surface area contributed by atoms with Gasteiger partial charge < -0.3 is 10.2 Å². The summed E-state index contributed by atoms with van der Waals surface area (Å²) in [6.07, 6.45) is 4.31. The van der Waals surface area contributed by atoms with Crippen molar-refractivity contribution >= 4 is 5.91 Å². The predicted molar refractivity (Wildman–Crippen MR) is 110 cm³/mol. The summed E-state index contributed by atoms with van der Waals surface area (Å²) in [4.78, 5) is 15.3. The van der Waals surface area contributed by atoms with Crippen LogP contribution in [0, 0.1) is 12.8 Å². The molecule has 0 aliphatic carbocycles. The summed E-state index contributed by atoms with van der Waals surface area (Å²) in [5.41, 5.74) is 3.84. The molecule has 1 fully saturated rings. The van der Waals surface area contributed by atoms with Crippen molar-refractivity contribution < 1.29 is 4.79 Å². The fourth-order valence-electron chi connectivity index (χ4n) is 3.81. The minimum atomic E-state index is -0.0228. The third-order valence-electron chi connectivity index (χ3n) is 5.26. The number of nitrogens with zero attached hydrogens (tertiary/aromatic N) is 3. The highest BCUT2D eigenvalue weighted by Gasteiger charge is 2.22. The average molecular weight is 369 g/mol. The van der Waals surface area contributed by atoms with E-state index in [1.54, 1.807) is 6.20 Å². The predicted octanol–water partition coefficient (Wildman–Crippen LogP) is 3.77. The summed E-state index contributed by atoms with van der Waals surface area (Å²) < 4.78 is 1.90. The Labute approximate surface area is 162 Å². The number of benzene rings is 1. The van der Waals surface area contributed by atoms with Crippen molar-refractivity contribution in [1.29, 1.82) is 0 Å². The Bertz CT molecular complexity index is 757. The molecule has 0 radical (unpaired) electrons. The first kappa shape index (κ1) is 19.6. The second kappa shape index (κ2) is 8.70. The van der Waals surface area contributed by atoms with Crippen molar-refractivity contribution in [3.05, 3.63) is 47.3 Å². The summed E-state index contributed by atoms with van der Waals surface area (Å²) in [5.74, 6) is 0.628. The zero-order valence-electron chi connectivity index (χ0n) is 17.0. The van der Waals surface area contributed by atoms with Gasteiger partial charge in [-0.15, -0.1) is 0 Å². The summed E-state index contributed by atoms with van der Waals surface area (Å²) in [6, 6.07) is 8.24. The van der Waals surface area contributed by atoms with Crippen LogP contribution in [0.2, 0.25) is 0 Å². The van der Waals surface area contributed by atoms with Gasteiger partial charge in [-0.25, -0.2) is 4.68 Å². The molecule has 1 aliphatic heterocycles. The maximum absolute atomic E-state index is 12.8. The molecule has 1 aliphatic rings. The molecule has 2 aromatic rings. The SMILES string of the molecule is Cc1ccc(-n2ncc(C(=O)NCC(C)CN3CCCC3)c2C(C)C)cc1. The number of hydrogen-bond acceptors (Lipinski definition) is 3. The summed E-state index contributed by atoms with van der Waals surface area (Å²) in [5, 5.41) is 7.64. The molecule has 2 heterocycles. The Morgan fingerprint density at radius 1 is 1.15 bits per heavy atom. The van der Waals surface area contributed by atoms with E-state index in [9.17, 15) is 4.79 Å². The fourth-order valence-corrected chi connectivity index (χ4v) is 3.81. The van der Waals surface area contributed by atoms with Gasteiger partial charge in [0.1, 0.15) is 0 Å². The van der Waals surface area contributed by atoms with Crippen molar-refractivity contribution in [3.63, 3.8) is 0 Å². The van der Waals surface area contributed by atoms with Crippen molar-refractivity contribution in [3.8, 4) is 5.69 Å². The fraction of sp³-hybridized carbons (Fsp3) is 0.545. The average Bonchev–Trinajstić information content (AvgIpc) is 3.30. The maximum atomic E-state index is 12.8. The summed E-state index contributed by atoms with van der Waals surface area (Å²) in [7, 11) is 0. The molecule has 0 saturated carbocycles. The van der Waals surface area contributed by atoms with E-state index >= 15 is 0 Å². The smallest absolute Gasteiger partial charge is 0.254 e. The molecule has 1 atom stereocenters. The van der Waals surface area contributed by atoms with Crippen LogP contribution < -0.4 is 5.32 Å². The molecule has 1 unspecified atom stereocenters. The number of amides is 1. The van der Waals surface area contributed by atoms with E-state index in [0.29, 0.717) is 18.0 Å². The zero-order chi connectivity index (χ0) is 19.4. The number of nitrogens with one attached hydrogen (secondary N) is 1. The van der Waals surface area contributed by atoms with Gasteiger partial charge in [0, 0.05) is 13.1 Å². The molecule has 1 saturated heterocycles. The Morgan fingerprint density at radius 3 is 2.44 bits per heavy atom. The van der Waals surface area contributed by atoms with Gasteiger partial charge in [-0.1, -0.05) is 38.5 Å². The van der Waals surface area contributed by atoms with Crippen LogP contribution in [0.1, 0.15) is 61.1 Å². The number of rotatable bonds is 7. The van der Waals surface area contributed by atoms with Crippen LogP contribution in [0.5, 0.6) is 0 Å². The lowest BCUT2D eigenvalue weighted by Crippen LogP contribution is -2.34. The molecule has 5 heteroatoms. The van der Waals surface area contributed by atoms with E-state index in [1.165, 1.54) is 31.5 Å². The molecule has 1 aromatic heterocycles. The van der Waals surface area contributed by atoms with E-state index in [4.69, 9.17) is 0 Å². The van der Waals surface area contributed by atoms with Crippen molar-refractivity contribution in [1.82, 2.24) is 20.0 Å². The normalized spacial score (nSPS) is 16.0. The first-order chi connectivity index (χ1) is 13.0. The summed E-state index contributed by atoms with van der Waals surface area (Å²) >= 11 is 0. The van der Waals surface area contributed by atoms with Crippen molar-refractivity contribution in [2.24, 2.45) is 5.92 Å². The van der Waals surface area contributed by atoms with Crippen molar-refractivity contribution in [2.45, 2.75) is 46.5 Å². The number of carbonyl (C=O) groups excluding carboxylic acids is 1. The second-order valence-electron chi connectivity index (χ2n) is 8.17. The van der Waals surface area contributed by atoms with Crippen LogP contribution in [-0.4, -0.2) is 46.8 Å². The molecule has 1 amide bonds. The quantitative estimate of drug-likeness (QED) is 0.809. The third-order valence-corrected chi connectivity index (χ3v) is 5.26. The lowest BCUT2D eigenvalue weighted by molar-refractivity contribution is 0.0943. The highest BCUT2D eigenvalue weighted by Crippen LogP contribution is 2.23. The van der Waals surface area contributed by atoms with Gasteiger partial charge in [-0.3, -0.25) is 4.79 Å². The lowest BCUT2D eigenvalue weighted by Gasteiger charge is -2.20. The van der Waals surface area contributed by atoms with Crippen LogP contribution in [0.3, 0.4) is 0 Å². The maximum Gasteiger partial charge on any atom is 0.254 e. The lowest BCUT2D eigenvalue weighted by atomic mass is 10.0. The minimum Gasteiger partial charge on any atom is -0.352 e. The molecule has 146 valence electrons. The molecule has 1 N–H and O–H groups in total. The Balaban J connectivity index is 1.69. The molecule has 27 heavy (non-hydrogen) atoms. The zero-order valence-corrected chi connectivity index (χ0v) is 17.0.